The lowest BCUT2D eigenvalue weighted by Crippen LogP contribution is -2.37. The Morgan fingerprint density at radius 3 is 2.94 bits per heavy atom. The first kappa shape index (κ1) is 12.0. The molecule has 1 fully saturated rings. The first-order valence-corrected chi connectivity index (χ1v) is 6.12. The summed E-state index contributed by atoms with van der Waals surface area (Å²) in [5, 5.41) is 10.8. The smallest absolute Gasteiger partial charge is 0.244 e. The van der Waals surface area contributed by atoms with E-state index in [1.54, 1.807) is 10.9 Å². The first-order chi connectivity index (χ1) is 8.20. The number of amides is 1. The molecule has 3 N–H and O–H groups in total. The van der Waals surface area contributed by atoms with Crippen LogP contribution < -0.4 is 11.1 Å². The molecule has 6 nitrogen and oxygen atoms in total. The Kier molecular flexibility index (Phi) is 3.73. The van der Waals surface area contributed by atoms with Crippen LogP contribution in [0.2, 0.25) is 0 Å². The molecule has 1 heterocycles. The molecule has 94 valence electrons. The summed E-state index contributed by atoms with van der Waals surface area (Å²) in [7, 11) is 0. The molecule has 0 bridgehead atoms. The molecule has 2 rings (SSSR count). The Morgan fingerprint density at radius 2 is 2.35 bits per heavy atom. The van der Waals surface area contributed by atoms with Gasteiger partial charge >= 0.3 is 0 Å². The number of hydrogen-bond acceptors (Lipinski definition) is 4. The summed E-state index contributed by atoms with van der Waals surface area (Å²) >= 11 is 0. The van der Waals surface area contributed by atoms with Crippen LogP contribution in [-0.4, -0.2) is 26.9 Å². The van der Waals surface area contributed by atoms with Crippen molar-refractivity contribution in [2.24, 2.45) is 5.73 Å². The number of nitrogens with one attached hydrogen (secondary N) is 1. The van der Waals surface area contributed by atoms with Gasteiger partial charge in [0.15, 0.2) is 0 Å². The van der Waals surface area contributed by atoms with E-state index in [9.17, 15) is 4.79 Å². The van der Waals surface area contributed by atoms with Gasteiger partial charge in [0.05, 0.1) is 11.9 Å². The number of rotatable bonds is 4. The van der Waals surface area contributed by atoms with E-state index in [1.807, 2.05) is 6.92 Å². The summed E-state index contributed by atoms with van der Waals surface area (Å²) in [5.41, 5.74) is 6.15. The maximum Gasteiger partial charge on any atom is 0.244 e. The van der Waals surface area contributed by atoms with E-state index >= 15 is 0 Å². The minimum Gasteiger partial charge on any atom is -0.352 e. The van der Waals surface area contributed by atoms with Gasteiger partial charge in [0, 0.05) is 12.6 Å². The maximum atomic E-state index is 12.0. The van der Waals surface area contributed by atoms with Crippen LogP contribution in [0.15, 0.2) is 6.20 Å². The Balaban J connectivity index is 1.93. The quantitative estimate of drug-likeness (QED) is 0.791. The fourth-order valence-electron chi connectivity index (χ4n) is 2.11. The Labute approximate surface area is 101 Å². The van der Waals surface area contributed by atoms with Gasteiger partial charge in [0.1, 0.15) is 6.04 Å². The maximum absolute atomic E-state index is 12.0. The summed E-state index contributed by atoms with van der Waals surface area (Å²) in [4.78, 5) is 12.0. The van der Waals surface area contributed by atoms with Crippen LogP contribution >= 0.6 is 0 Å². The third-order valence-electron chi connectivity index (χ3n) is 3.24. The van der Waals surface area contributed by atoms with E-state index in [2.05, 4.69) is 15.6 Å². The molecule has 0 aromatic carbocycles. The second-order valence-corrected chi connectivity index (χ2v) is 4.56. The highest BCUT2D eigenvalue weighted by atomic mass is 16.2. The molecule has 0 radical (unpaired) electrons. The van der Waals surface area contributed by atoms with E-state index in [0.717, 1.165) is 12.8 Å². The third-order valence-corrected chi connectivity index (χ3v) is 3.24. The van der Waals surface area contributed by atoms with Crippen molar-refractivity contribution in [1.82, 2.24) is 20.3 Å². The van der Waals surface area contributed by atoms with Crippen molar-refractivity contribution in [3.8, 4) is 0 Å². The second-order valence-electron chi connectivity index (χ2n) is 4.56. The molecule has 1 aromatic heterocycles. The number of hydrogen-bond donors (Lipinski definition) is 2. The van der Waals surface area contributed by atoms with Crippen LogP contribution in [-0.2, 0) is 11.3 Å². The minimum absolute atomic E-state index is 0.00497. The number of nitrogens with zero attached hydrogens (tertiary/aromatic N) is 3. The average Bonchev–Trinajstić information content (AvgIpc) is 2.98. The zero-order valence-corrected chi connectivity index (χ0v) is 10.1. The normalized spacial score (nSPS) is 18.2. The summed E-state index contributed by atoms with van der Waals surface area (Å²) in [6.07, 6.45) is 6.31. The van der Waals surface area contributed by atoms with Crippen LogP contribution in [0, 0.1) is 0 Å². The van der Waals surface area contributed by atoms with Crippen molar-refractivity contribution in [3.63, 3.8) is 0 Å². The zero-order chi connectivity index (χ0) is 12.3. The minimum atomic E-state index is -0.330. The molecular weight excluding hydrogens is 218 g/mol. The van der Waals surface area contributed by atoms with Crippen LogP contribution in [0.4, 0.5) is 0 Å². The van der Waals surface area contributed by atoms with Gasteiger partial charge in [0.25, 0.3) is 0 Å². The van der Waals surface area contributed by atoms with Crippen molar-refractivity contribution < 1.29 is 4.79 Å². The highest BCUT2D eigenvalue weighted by Crippen LogP contribution is 2.18. The fraction of sp³-hybridized carbons (Fsp3) is 0.727. The largest absolute Gasteiger partial charge is 0.352 e. The van der Waals surface area contributed by atoms with Crippen molar-refractivity contribution in [2.45, 2.75) is 51.2 Å². The Bertz CT molecular complexity index is 383. The number of aromatic nitrogens is 3. The number of carbonyl (C=O) groups is 1. The lowest BCUT2D eigenvalue weighted by Gasteiger charge is -2.16. The molecule has 1 atom stereocenters. The molecule has 0 aliphatic heterocycles. The monoisotopic (exact) mass is 237 g/mol. The summed E-state index contributed by atoms with van der Waals surface area (Å²) in [6.45, 7) is 2.16. The molecule has 1 amide bonds. The standard InChI is InChI=1S/C11H19N5O/c1-8(16-7-10(6-12)14-15-16)11(17)13-9-4-2-3-5-9/h7-9H,2-6,12H2,1H3,(H,13,17). The molecule has 1 aromatic rings. The Hall–Kier alpha value is -1.43. The van der Waals surface area contributed by atoms with E-state index in [1.165, 1.54) is 12.8 Å². The van der Waals surface area contributed by atoms with Crippen LogP contribution in [0.25, 0.3) is 0 Å². The highest BCUT2D eigenvalue weighted by molar-refractivity contribution is 5.80. The van der Waals surface area contributed by atoms with Gasteiger partial charge in [-0.2, -0.15) is 0 Å². The summed E-state index contributed by atoms with van der Waals surface area (Å²) < 4.78 is 1.56. The lowest BCUT2D eigenvalue weighted by molar-refractivity contribution is -0.124. The van der Waals surface area contributed by atoms with Gasteiger partial charge in [-0.15, -0.1) is 5.10 Å². The highest BCUT2D eigenvalue weighted by Gasteiger charge is 2.22. The van der Waals surface area contributed by atoms with Gasteiger partial charge < -0.3 is 11.1 Å². The van der Waals surface area contributed by atoms with Gasteiger partial charge in [0.2, 0.25) is 5.91 Å². The van der Waals surface area contributed by atoms with Gasteiger partial charge in [-0.05, 0) is 19.8 Å². The van der Waals surface area contributed by atoms with Crippen molar-refractivity contribution >= 4 is 5.91 Å². The predicted octanol–water partition coefficient (Wildman–Crippen LogP) is 0.357. The van der Waals surface area contributed by atoms with E-state index in [4.69, 9.17) is 5.73 Å². The van der Waals surface area contributed by atoms with Crippen LogP contribution in [0.3, 0.4) is 0 Å². The second kappa shape index (κ2) is 5.27. The fourth-order valence-corrected chi connectivity index (χ4v) is 2.11. The molecule has 1 aliphatic rings. The molecule has 0 spiro atoms. The van der Waals surface area contributed by atoms with Crippen LogP contribution in [0.5, 0.6) is 0 Å². The lowest BCUT2D eigenvalue weighted by atomic mass is 10.2. The van der Waals surface area contributed by atoms with Gasteiger partial charge in [-0.25, -0.2) is 4.68 Å². The topological polar surface area (TPSA) is 85.8 Å². The summed E-state index contributed by atoms with van der Waals surface area (Å²) in [6, 6.07) is 0.00542. The Morgan fingerprint density at radius 1 is 1.65 bits per heavy atom. The SMILES string of the molecule is CC(C(=O)NC1CCCC1)n1cc(CN)nn1. The van der Waals surface area contributed by atoms with Crippen LogP contribution in [0.1, 0.15) is 44.3 Å². The molecule has 1 unspecified atom stereocenters. The van der Waals surface area contributed by atoms with E-state index in [-0.39, 0.29) is 11.9 Å². The molecule has 17 heavy (non-hydrogen) atoms. The molecule has 6 heteroatoms. The molecule has 0 saturated heterocycles. The van der Waals surface area contributed by atoms with E-state index < -0.39 is 0 Å². The average molecular weight is 237 g/mol. The molecule has 1 aliphatic carbocycles. The van der Waals surface area contributed by atoms with E-state index in [0.29, 0.717) is 18.3 Å². The zero-order valence-electron chi connectivity index (χ0n) is 10.1. The van der Waals surface area contributed by atoms with Gasteiger partial charge in [-0.1, -0.05) is 18.1 Å². The predicted molar refractivity (Wildman–Crippen MR) is 63.0 cm³/mol. The van der Waals surface area contributed by atoms with Crippen molar-refractivity contribution in [2.75, 3.05) is 0 Å². The van der Waals surface area contributed by atoms with Crippen molar-refractivity contribution in [1.29, 1.82) is 0 Å². The summed E-state index contributed by atoms with van der Waals surface area (Å²) in [5.74, 6) is 0.00497. The van der Waals surface area contributed by atoms with Gasteiger partial charge in [-0.3, -0.25) is 4.79 Å². The molecular formula is C11H19N5O. The van der Waals surface area contributed by atoms with Crippen molar-refractivity contribution in [3.05, 3.63) is 11.9 Å². The third kappa shape index (κ3) is 2.82. The molecule has 1 saturated carbocycles. The first-order valence-electron chi connectivity index (χ1n) is 6.12. The number of nitrogens with two attached hydrogens (primary N) is 1. The number of carbonyl (C=O) groups excluding carboxylic acids is 1.